The Morgan fingerprint density at radius 2 is 2.18 bits per heavy atom. The standard InChI is InChI=1S/C13H18BrNOS/c1-9-3-2-4-11(7-9)17(16)13-8-10(14)5-6-12(13)15/h5-6,8-9,11H,2-4,7,15H2,1H3. The minimum atomic E-state index is -0.967. The highest BCUT2D eigenvalue weighted by molar-refractivity contribution is 9.10. The van der Waals surface area contributed by atoms with Crippen LogP contribution < -0.4 is 5.73 Å². The van der Waals surface area contributed by atoms with E-state index in [1.54, 1.807) is 0 Å². The number of halogens is 1. The highest BCUT2D eigenvalue weighted by Crippen LogP contribution is 2.32. The summed E-state index contributed by atoms with van der Waals surface area (Å²) in [5.41, 5.74) is 6.56. The number of benzene rings is 1. The van der Waals surface area contributed by atoms with Crippen LogP contribution in [0, 0.1) is 5.92 Å². The SMILES string of the molecule is CC1CCCC(S(=O)c2cc(Br)ccc2N)C1. The molecule has 0 spiro atoms. The van der Waals surface area contributed by atoms with Gasteiger partial charge in [-0.05, 0) is 37.0 Å². The van der Waals surface area contributed by atoms with E-state index in [4.69, 9.17) is 5.73 Å². The van der Waals surface area contributed by atoms with Gasteiger partial charge in [0.15, 0.2) is 0 Å². The Morgan fingerprint density at radius 3 is 2.88 bits per heavy atom. The molecule has 17 heavy (non-hydrogen) atoms. The van der Waals surface area contributed by atoms with Crippen LogP contribution in [0.25, 0.3) is 0 Å². The van der Waals surface area contributed by atoms with Crippen LogP contribution in [0.3, 0.4) is 0 Å². The van der Waals surface area contributed by atoms with Crippen molar-refractivity contribution in [1.82, 2.24) is 0 Å². The largest absolute Gasteiger partial charge is 0.398 e. The van der Waals surface area contributed by atoms with Crippen molar-refractivity contribution < 1.29 is 4.21 Å². The Hall–Kier alpha value is -0.350. The van der Waals surface area contributed by atoms with Gasteiger partial charge in [-0.2, -0.15) is 0 Å². The molecule has 1 fully saturated rings. The topological polar surface area (TPSA) is 43.1 Å². The van der Waals surface area contributed by atoms with Gasteiger partial charge in [0.25, 0.3) is 0 Å². The normalized spacial score (nSPS) is 26.7. The number of rotatable bonds is 2. The molecule has 1 aromatic rings. The van der Waals surface area contributed by atoms with Crippen molar-refractivity contribution in [3.63, 3.8) is 0 Å². The lowest BCUT2D eigenvalue weighted by molar-refractivity contribution is 0.389. The highest BCUT2D eigenvalue weighted by atomic mass is 79.9. The van der Waals surface area contributed by atoms with Crippen molar-refractivity contribution in [2.24, 2.45) is 5.92 Å². The highest BCUT2D eigenvalue weighted by Gasteiger charge is 2.25. The molecule has 0 aromatic heterocycles. The van der Waals surface area contributed by atoms with E-state index in [0.717, 1.165) is 22.2 Å². The van der Waals surface area contributed by atoms with Gasteiger partial charge in [-0.1, -0.05) is 35.7 Å². The van der Waals surface area contributed by atoms with Crippen LogP contribution in [0.1, 0.15) is 32.6 Å². The summed E-state index contributed by atoms with van der Waals surface area (Å²) in [4.78, 5) is 0.790. The second kappa shape index (κ2) is 5.53. The maximum atomic E-state index is 12.5. The van der Waals surface area contributed by atoms with Crippen LogP contribution in [0.2, 0.25) is 0 Å². The van der Waals surface area contributed by atoms with E-state index in [0.29, 0.717) is 11.6 Å². The minimum Gasteiger partial charge on any atom is -0.398 e. The summed E-state index contributed by atoms with van der Waals surface area (Å²) in [6, 6.07) is 5.60. The van der Waals surface area contributed by atoms with Gasteiger partial charge in [0.2, 0.25) is 0 Å². The third-order valence-electron chi connectivity index (χ3n) is 3.38. The average Bonchev–Trinajstić information content (AvgIpc) is 2.31. The first-order chi connectivity index (χ1) is 8.08. The molecule has 2 rings (SSSR count). The Morgan fingerprint density at radius 1 is 1.41 bits per heavy atom. The summed E-state index contributed by atoms with van der Waals surface area (Å²) < 4.78 is 13.5. The fraction of sp³-hybridized carbons (Fsp3) is 0.538. The number of hydrogen-bond donors (Lipinski definition) is 1. The molecular formula is C13H18BrNOS. The average molecular weight is 316 g/mol. The van der Waals surface area contributed by atoms with E-state index in [1.807, 2.05) is 18.2 Å². The van der Waals surface area contributed by atoms with Crippen LogP contribution in [-0.4, -0.2) is 9.46 Å². The van der Waals surface area contributed by atoms with Crippen LogP contribution in [0.4, 0.5) is 5.69 Å². The Bertz CT molecular complexity index is 435. The predicted molar refractivity (Wildman–Crippen MR) is 76.4 cm³/mol. The van der Waals surface area contributed by atoms with Gasteiger partial charge >= 0.3 is 0 Å². The van der Waals surface area contributed by atoms with Crippen molar-refractivity contribution in [3.05, 3.63) is 22.7 Å². The molecule has 0 amide bonds. The zero-order valence-corrected chi connectivity index (χ0v) is 12.4. The molecule has 1 aliphatic rings. The molecule has 2 N–H and O–H groups in total. The minimum absolute atomic E-state index is 0.273. The zero-order valence-electron chi connectivity index (χ0n) is 9.99. The van der Waals surface area contributed by atoms with E-state index in [-0.39, 0.29) is 5.25 Å². The molecule has 1 saturated carbocycles. The van der Waals surface area contributed by atoms with Gasteiger partial charge < -0.3 is 5.73 Å². The lowest BCUT2D eigenvalue weighted by Crippen LogP contribution is -2.23. The maximum absolute atomic E-state index is 12.5. The third kappa shape index (κ3) is 3.10. The van der Waals surface area contributed by atoms with Crippen LogP contribution in [0.15, 0.2) is 27.6 Å². The van der Waals surface area contributed by atoms with Gasteiger partial charge in [-0.3, -0.25) is 4.21 Å². The molecule has 0 aliphatic heterocycles. The Balaban J connectivity index is 2.21. The lowest BCUT2D eigenvalue weighted by Gasteiger charge is -2.26. The molecule has 1 aliphatic carbocycles. The van der Waals surface area contributed by atoms with Crippen LogP contribution in [0.5, 0.6) is 0 Å². The molecule has 94 valence electrons. The second-order valence-corrected chi connectivity index (χ2v) is 7.49. The second-order valence-electron chi connectivity index (χ2n) is 4.87. The van der Waals surface area contributed by atoms with Gasteiger partial charge in [0, 0.05) is 15.4 Å². The van der Waals surface area contributed by atoms with Gasteiger partial charge in [-0.15, -0.1) is 0 Å². The van der Waals surface area contributed by atoms with E-state index in [1.165, 1.54) is 12.8 Å². The van der Waals surface area contributed by atoms with Crippen molar-refractivity contribution >= 4 is 32.4 Å². The van der Waals surface area contributed by atoms with Crippen molar-refractivity contribution in [2.45, 2.75) is 42.8 Å². The van der Waals surface area contributed by atoms with Crippen molar-refractivity contribution in [1.29, 1.82) is 0 Å². The molecule has 0 saturated heterocycles. The number of nitrogens with two attached hydrogens (primary N) is 1. The molecule has 0 bridgehead atoms. The molecule has 3 atom stereocenters. The Labute approximate surface area is 114 Å². The Kier molecular flexibility index (Phi) is 4.26. The summed E-state index contributed by atoms with van der Waals surface area (Å²) in [6.07, 6.45) is 4.56. The van der Waals surface area contributed by atoms with Gasteiger partial charge in [-0.25, -0.2) is 0 Å². The van der Waals surface area contributed by atoms with Crippen LogP contribution in [-0.2, 0) is 10.8 Å². The number of anilines is 1. The third-order valence-corrected chi connectivity index (χ3v) is 5.70. The summed E-state index contributed by atoms with van der Waals surface area (Å²) >= 11 is 3.41. The molecule has 4 heteroatoms. The number of hydrogen-bond acceptors (Lipinski definition) is 2. The molecule has 2 nitrogen and oxygen atoms in total. The summed E-state index contributed by atoms with van der Waals surface area (Å²) in [5, 5.41) is 0.273. The van der Waals surface area contributed by atoms with Crippen molar-refractivity contribution in [3.8, 4) is 0 Å². The van der Waals surface area contributed by atoms with E-state index in [2.05, 4.69) is 22.9 Å². The monoisotopic (exact) mass is 315 g/mol. The number of nitrogen functional groups attached to an aromatic ring is 1. The fourth-order valence-electron chi connectivity index (χ4n) is 2.43. The molecule has 0 radical (unpaired) electrons. The summed E-state index contributed by atoms with van der Waals surface area (Å²) in [7, 11) is -0.967. The van der Waals surface area contributed by atoms with Crippen molar-refractivity contribution in [2.75, 3.05) is 5.73 Å². The van der Waals surface area contributed by atoms with E-state index in [9.17, 15) is 4.21 Å². The smallest absolute Gasteiger partial charge is 0.0631 e. The fourth-order valence-corrected chi connectivity index (χ4v) is 4.73. The summed E-state index contributed by atoms with van der Waals surface area (Å²) in [6.45, 7) is 2.24. The first-order valence-corrected chi connectivity index (χ1v) is 8.04. The predicted octanol–water partition coefficient (Wildman–Crippen LogP) is 3.72. The molecular weight excluding hydrogens is 298 g/mol. The van der Waals surface area contributed by atoms with E-state index >= 15 is 0 Å². The maximum Gasteiger partial charge on any atom is 0.0631 e. The van der Waals surface area contributed by atoms with Crippen LogP contribution >= 0.6 is 15.9 Å². The van der Waals surface area contributed by atoms with Gasteiger partial charge in [0.1, 0.15) is 0 Å². The van der Waals surface area contributed by atoms with E-state index < -0.39 is 10.8 Å². The zero-order chi connectivity index (χ0) is 12.4. The quantitative estimate of drug-likeness (QED) is 0.845. The molecule has 3 unspecified atom stereocenters. The first-order valence-electron chi connectivity index (χ1n) is 6.03. The lowest BCUT2D eigenvalue weighted by atomic mass is 9.91. The first kappa shape index (κ1) is 13.1. The molecule has 0 heterocycles. The summed E-state index contributed by atoms with van der Waals surface area (Å²) in [5.74, 6) is 0.686. The van der Waals surface area contributed by atoms with Gasteiger partial charge in [0.05, 0.1) is 15.7 Å². The molecule has 1 aromatic carbocycles.